The van der Waals surface area contributed by atoms with Crippen LogP contribution in [-0.4, -0.2) is 37.4 Å². The van der Waals surface area contributed by atoms with E-state index in [1.807, 2.05) is 24.3 Å². The Kier molecular flexibility index (Phi) is 6.29. The maximum atomic E-state index is 12.4. The van der Waals surface area contributed by atoms with Crippen LogP contribution in [0.25, 0.3) is 0 Å². The van der Waals surface area contributed by atoms with Crippen molar-refractivity contribution in [2.75, 3.05) is 19.6 Å². The van der Waals surface area contributed by atoms with E-state index in [9.17, 15) is 14.4 Å². The summed E-state index contributed by atoms with van der Waals surface area (Å²) in [6, 6.07) is 7.35. The Morgan fingerprint density at radius 1 is 1.00 bits per heavy atom. The van der Waals surface area contributed by atoms with E-state index in [-0.39, 0.29) is 24.3 Å². The van der Waals surface area contributed by atoms with Crippen molar-refractivity contribution in [3.8, 4) is 0 Å². The summed E-state index contributed by atoms with van der Waals surface area (Å²) in [7, 11) is 0. The van der Waals surface area contributed by atoms with Crippen molar-refractivity contribution in [1.29, 1.82) is 0 Å². The first kappa shape index (κ1) is 17.1. The zero-order valence-electron chi connectivity index (χ0n) is 13.5. The molecule has 0 saturated carbocycles. The Labute approximate surface area is 136 Å². The Morgan fingerprint density at radius 3 is 2.26 bits per heavy atom. The summed E-state index contributed by atoms with van der Waals surface area (Å²) in [4.78, 5) is 35.7. The molecule has 0 aromatic heterocycles. The summed E-state index contributed by atoms with van der Waals surface area (Å²) < 4.78 is 0. The largest absolute Gasteiger partial charge is 0.350 e. The molecule has 1 fully saturated rings. The quantitative estimate of drug-likeness (QED) is 0.694. The van der Waals surface area contributed by atoms with E-state index >= 15 is 0 Å². The molecule has 2 rings (SSSR count). The minimum Gasteiger partial charge on any atom is -0.350 e. The number of piperidine rings is 1. The highest BCUT2D eigenvalue weighted by Gasteiger charge is 2.23. The molecular weight excluding hydrogens is 294 g/mol. The average Bonchev–Trinajstić information content (AvgIpc) is 2.58. The van der Waals surface area contributed by atoms with Crippen molar-refractivity contribution in [2.24, 2.45) is 0 Å². The Balaban J connectivity index is 1.83. The standard InChI is InChI=1S/C17H23N3O3/c1-13(21)18-12-16(22)19-11-14-5-7-15(8-6-14)17(23)20-9-3-2-4-10-20/h5-8H,2-4,9-12H2,1H3,(H,18,21)(H,19,22)/p+1. The monoisotopic (exact) mass is 318 g/mol. The third kappa shape index (κ3) is 5.49. The lowest BCUT2D eigenvalue weighted by Crippen LogP contribution is -3.15. The second-order valence-corrected chi connectivity index (χ2v) is 5.88. The summed E-state index contributed by atoms with van der Waals surface area (Å²) in [5.74, 6) is -0.313. The fraction of sp³-hybridized carbons (Fsp3) is 0.471. The number of likely N-dealkylation sites (tertiary alicyclic amines) is 1. The van der Waals surface area contributed by atoms with E-state index in [1.54, 1.807) is 0 Å². The predicted molar refractivity (Wildman–Crippen MR) is 85.9 cm³/mol. The van der Waals surface area contributed by atoms with Crippen molar-refractivity contribution >= 4 is 17.7 Å². The number of carbonyl (C=O) groups is 3. The van der Waals surface area contributed by atoms with Gasteiger partial charge >= 0.3 is 5.91 Å². The fourth-order valence-corrected chi connectivity index (χ4v) is 2.65. The van der Waals surface area contributed by atoms with Gasteiger partial charge in [0.25, 0.3) is 0 Å². The molecule has 3 amide bonds. The van der Waals surface area contributed by atoms with Crippen LogP contribution in [0.1, 0.15) is 42.1 Å². The van der Waals surface area contributed by atoms with E-state index in [0.717, 1.165) is 42.0 Å². The minimum absolute atomic E-state index is 0.0236. The van der Waals surface area contributed by atoms with Gasteiger partial charge in [-0.1, -0.05) is 12.1 Å². The highest BCUT2D eigenvalue weighted by molar-refractivity contribution is 5.87. The molecule has 1 saturated heterocycles. The van der Waals surface area contributed by atoms with Gasteiger partial charge in [-0.15, -0.1) is 0 Å². The molecule has 1 heterocycles. The van der Waals surface area contributed by atoms with Gasteiger partial charge in [0.1, 0.15) is 0 Å². The van der Waals surface area contributed by atoms with E-state index in [1.165, 1.54) is 13.3 Å². The van der Waals surface area contributed by atoms with Crippen LogP contribution < -0.4 is 15.5 Å². The van der Waals surface area contributed by atoms with E-state index in [2.05, 4.69) is 10.6 Å². The summed E-state index contributed by atoms with van der Waals surface area (Å²) in [6.45, 7) is 3.56. The van der Waals surface area contributed by atoms with Crippen LogP contribution in [0.4, 0.5) is 0 Å². The third-order valence-corrected chi connectivity index (χ3v) is 3.98. The van der Waals surface area contributed by atoms with Crippen LogP contribution in [0.5, 0.6) is 0 Å². The molecule has 0 bridgehead atoms. The summed E-state index contributed by atoms with van der Waals surface area (Å²) >= 11 is 0. The molecule has 1 aromatic carbocycles. The van der Waals surface area contributed by atoms with E-state index < -0.39 is 0 Å². The number of quaternary nitrogens is 1. The molecule has 6 heteroatoms. The second-order valence-electron chi connectivity index (χ2n) is 5.88. The van der Waals surface area contributed by atoms with Gasteiger partial charge in [0, 0.05) is 13.5 Å². The first-order chi connectivity index (χ1) is 11.1. The summed E-state index contributed by atoms with van der Waals surface area (Å²) in [6.07, 6.45) is 3.44. The van der Waals surface area contributed by atoms with Crippen LogP contribution in [0.15, 0.2) is 24.3 Å². The van der Waals surface area contributed by atoms with E-state index in [4.69, 9.17) is 0 Å². The molecule has 0 atom stereocenters. The number of carbonyl (C=O) groups excluding carboxylic acids is 3. The first-order valence-corrected chi connectivity index (χ1v) is 8.06. The maximum absolute atomic E-state index is 12.4. The third-order valence-electron chi connectivity index (χ3n) is 3.98. The second kappa shape index (κ2) is 8.43. The fourth-order valence-electron chi connectivity index (χ4n) is 2.65. The molecule has 0 unspecified atom stereocenters. The van der Waals surface area contributed by atoms with Gasteiger partial charge in [-0.3, -0.25) is 14.5 Å². The van der Waals surface area contributed by atoms with Gasteiger partial charge in [-0.2, -0.15) is 0 Å². The highest BCUT2D eigenvalue weighted by Crippen LogP contribution is 2.04. The Hall–Kier alpha value is -2.21. The lowest BCUT2D eigenvalue weighted by Gasteiger charge is -2.21. The SMILES string of the molecule is CC(=O)NCC(=O)NCc1ccc(C(=O)[NH+]2CCCCC2)cc1. The predicted octanol–water partition coefficient (Wildman–Crippen LogP) is -0.352. The van der Waals surface area contributed by atoms with Crippen molar-refractivity contribution in [1.82, 2.24) is 10.6 Å². The highest BCUT2D eigenvalue weighted by atomic mass is 16.2. The molecule has 1 aliphatic heterocycles. The van der Waals surface area contributed by atoms with Crippen molar-refractivity contribution in [3.05, 3.63) is 35.4 Å². The zero-order valence-corrected chi connectivity index (χ0v) is 13.5. The van der Waals surface area contributed by atoms with Crippen LogP contribution in [0.3, 0.4) is 0 Å². The number of rotatable bonds is 5. The zero-order chi connectivity index (χ0) is 16.7. The average molecular weight is 318 g/mol. The number of hydrogen-bond donors (Lipinski definition) is 3. The molecule has 1 aliphatic rings. The molecule has 3 N–H and O–H groups in total. The van der Waals surface area contributed by atoms with Crippen molar-refractivity contribution in [2.45, 2.75) is 32.7 Å². The van der Waals surface area contributed by atoms with Gasteiger partial charge in [0.15, 0.2) is 0 Å². The molecular formula is C17H24N3O3+. The smallest absolute Gasteiger partial charge is 0.344 e. The van der Waals surface area contributed by atoms with Crippen molar-refractivity contribution in [3.63, 3.8) is 0 Å². The normalized spacial score (nSPS) is 15.0. The molecule has 0 aliphatic carbocycles. The van der Waals surface area contributed by atoms with Gasteiger partial charge in [-0.05, 0) is 37.0 Å². The Morgan fingerprint density at radius 2 is 1.65 bits per heavy atom. The van der Waals surface area contributed by atoms with E-state index in [0.29, 0.717) is 6.54 Å². The summed E-state index contributed by atoms with van der Waals surface area (Å²) in [5.41, 5.74) is 1.64. The van der Waals surface area contributed by atoms with Crippen LogP contribution in [-0.2, 0) is 16.1 Å². The Bertz CT molecular complexity index is 563. The van der Waals surface area contributed by atoms with Gasteiger partial charge in [0.2, 0.25) is 11.8 Å². The van der Waals surface area contributed by atoms with Gasteiger partial charge < -0.3 is 10.6 Å². The van der Waals surface area contributed by atoms with Crippen LogP contribution >= 0.6 is 0 Å². The van der Waals surface area contributed by atoms with Crippen molar-refractivity contribution < 1.29 is 19.3 Å². The first-order valence-electron chi connectivity index (χ1n) is 8.06. The van der Waals surface area contributed by atoms with Gasteiger partial charge in [-0.25, -0.2) is 4.79 Å². The minimum atomic E-state index is -0.238. The van der Waals surface area contributed by atoms with Crippen LogP contribution in [0.2, 0.25) is 0 Å². The molecule has 0 spiro atoms. The lowest BCUT2D eigenvalue weighted by atomic mass is 10.1. The molecule has 6 nitrogen and oxygen atoms in total. The number of hydrogen-bond acceptors (Lipinski definition) is 3. The van der Waals surface area contributed by atoms with Gasteiger partial charge in [0.05, 0.1) is 25.2 Å². The maximum Gasteiger partial charge on any atom is 0.344 e. The number of benzene rings is 1. The van der Waals surface area contributed by atoms with Crippen LogP contribution in [0, 0.1) is 0 Å². The summed E-state index contributed by atoms with van der Waals surface area (Å²) in [5, 5.41) is 5.17. The number of amides is 3. The topological polar surface area (TPSA) is 79.7 Å². The number of nitrogens with one attached hydrogen (secondary N) is 3. The molecule has 0 radical (unpaired) electrons. The molecule has 23 heavy (non-hydrogen) atoms. The molecule has 1 aromatic rings. The molecule has 124 valence electrons. The lowest BCUT2D eigenvalue weighted by molar-refractivity contribution is -0.819.